The number of nitrogens with one attached hydrogen (secondary N) is 1. The lowest BCUT2D eigenvalue weighted by Crippen LogP contribution is -2.48. The summed E-state index contributed by atoms with van der Waals surface area (Å²) in [6.45, 7) is 5.35. The molecule has 0 saturated carbocycles. The molecule has 1 aliphatic rings. The largest absolute Gasteiger partial charge is 0.497 e. The topological polar surface area (TPSA) is 152 Å². The minimum absolute atomic E-state index is 0.00334. The van der Waals surface area contributed by atoms with Gasteiger partial charge in [-0.15, -0.1) is 0 Å². The summed E-state index contributed by atoms with van der Waals surface area (Å²) < 4.78 is 88.0. The molecule has 50 heavy (non-hydrogen) atoms. The Morgan fingerprint density at radius 2 is 1.68 bits per heavy atom. The van der Waals surface area contributed by atoms with Crippen LogP contribution in [0.15, 0.2) is 76.5 Å². The highest BCUT2D eigenvalue weighted by molar-refractivity contribution is 7.92. The molecule has 1 aliphatic heterocycles. The molecule has 15 heteroatoms. The van der Waals surface area contributed by atoms with Gasteiger partial charge in [-0.3, -0.25) is 9.52 Å². The molecule has 0 aliphatic carbocycles. The highest BCUT2D eigenvalue weighted by Gasteiger charge is 2.32. The third-order valence-corrected chi connectivity index (χ3v) is 11.9. The number of hydrogen-bond donors (Lipinski definition) is 2. The first-order valence-electron chi connectivity index (χ1n) is 16.4. The molecule has 2 N–H and O–H groups in total. The zero-order valence-corrected chi connectivity index (χ0v) is 30.5. The van der Waals surface area contributed by atoms with Crippen LogP contribution >= 0.6 is 0 Å². The number of nitrogens with zero attached hydrogens (tertiary/aromatic N) is 2. The van der Waals surface area contributed by atoms with Gasteiger partial charge in [0.25, 0.3) is 15.9 Å². The molecule has 3 aromatic rings. The Labute approximate surface area is 294 Å². The van der Waals surface area contributed by atoms with Crippen molar-refractivity contribution >= 4 is 31.6 Å². The number of carbonyl (C=O) groups excluding carboxylic acids is 1. The second-order valence-corrected chi connectivity index (χ2v) is 16.3. The summed E-state index contributed by atoms with van der Waals surface area (Å²) in [4.78, 5) is 15.8. The Morgan fingerprint density at radius 1 is 1.02 bits per heavy atom. The fourth-order valence-corrected chi connectivity index (χ4v) is 7.79. The molecule has 0 radical (unpaired) electrons. The van der Waals surface area contributed by atoms with Gasteiger partial charge >= 0.3 is 0 Å². The Balaban J connectivity index is 1.67. The maximum atomic E-state index is 14.4. The minimum Gasteiger partial charge on any atom is -0.497 e. The maximum absolute atomic E-state index is 14.4. The van der Waals surface area contributed by atoms with Crippen LogP contribution < -0.4 is 14.2 Å². The van der Waals surface area contributed by atoms with Crippen LogP contribution in [0.3, 0.4) is 0 Å². The third kappa shape index (κ3) is 9.72. The Morgan fingerprint density at radius 3 is 2.32 bits per heavy atom. The molecule has 4 atom stereocenters. The molecular formula is C35H46FN3O9S2. The Bertz CT molecular complexity index is 1810. The maximum Gasteiger partial charge on any atom is 0.261 e. The van der Waals surface area contributed by atoms with Gasteiger partial charge in [-0.1, -0.05) is 6.92 Å². The highest BCUT2D eigenvalue weighted by atomic mass is 32.2. The number of benzene rings is 3. The number of sulfonamides is 2. The first kappa shape index (κ1) is 39.0. The molecule has 12 nitrogen and oxygen atoms in total. The molecule has 1 amide bonds. The van der Waals surface area contributed by atoms with Crippen molar-refractivity contribution in [2.75, 3.05) is 45.2 Å². The minimum atomic E-state index is -4.04. The van der Waals surface area contributed by atoms with E-state index in [9.17, 15) is 31.1 Å². The number of amides is 1. The molecule has 0 saturated heterocycles. The number of hydrogen-bond acceptors (Lipinski definition) is 9. The van der Waals surface area contributed by atoms with E-state index >= 15 is 0 Å². The van der Waals surface area contributed by atoms with E-state index in [2.05, 4.69) is 4.72 Å². The van der Waals surface area contributed by atoms with Gasteiger partial charge in [0, 0.05) is 38.3 Å². The van der Waals surface area contributed by atoms with Crippen LogP contribution in [0.5, 0.6) is 11.5 Å². The van der Waals surface area contributed by atoms with Crippen LogP contribution in [0.25, 0.3) is 0 Å². The average molecular weight is 736 g/mol. The number of rotatable bonds is 10. The summed E-state index contributed by atoms with van der Waals surface area (Å²) in [5, 5.41) is 10.2. The molecule has 4 rings (SSSR count). The molecule has 1 heterocycles. The zero-order chi connectivity index (χ0) is 36.6. The summed E-state index contributed by atoms with van der Waals surface area (Å²) in [6.07, 6.45) is 1.05. The molecule has 0 spiro atoms. The second kappa shape index (κ2) is 17.0. The van der Waals surface area contributed by atoms with Gasteiger partial charge in [0.2, 0.25) is 10.0 Å². The standard InChI is InChI=1S/C35H46FN3O9S2/c1-24-21-39(25(2)23-40)35(41)32-20-28(37-49(42,43)30-16-12-29(46-5)13-17-30)11-18-33(32)48-26(3)8-6-7-19-47-34(24)22-38(4)50(44,45)31-14-9-27(36)10-15-31/h9-18,20,24-26,34,37,40H,6-8,19,21-23H2,1-5H3/t24-,25-,26+,34-/m1/s1. The second-order valence-electron chi connectivity index (χ2n) is 12.5. The summed E-state index contributed by atoms with van der Waals surface area (Å²) in [5.74, 6) is -0.752. The summed E-state index contributed by atoms with van der Waals surface area (Å²) in [6, 6.07) is 14.2. The molecule has 3 aromatic carbocycles. The van der Waals surface area contributed by atoms with Crippen LogP contribution in [-0.4, -0.2) is 95.8 Å². The number of ether oxygens (including phenoxy) is 3. The number of carbonyl (C=O) groups is 1. The van der Waals surface area contributed by atoms with Crippen molar-refractivity contribution in [3.05, 3.63) is 78.1 Å². The molecule has 0 fully saturated rings. The quantitative estimate of drug-likeness (QED) is 0.301. The van der Waals surface area contributed by atoms with Crippen molar-refractivity contribution in [3.63, 3.8) is 0 Å². The lowest BCUT2D eigenvalue weighted by atomic mass is 10.0. The lowest BCUT2D eigenvalue weighted by Gasteiger charge is -2.35. The van der Waals surface area contributed by atoms with Crippen LogP contribution in [0.2, 0.25) is 0 Å². The monoisotopic (exact) mass is 735 g/mol. The summed E-state index contributed by atoms with van der Waals surface area (Å²) in [7, 11) is -5.13. The predicted octanol–water partition coefficient (Wildman–Crippen LogP) is 4.75. The molecule has 0 unspecified atom stereocenters. The SMILES string of the molecule is COc1ccc(S(=O)(=O)Nc2ccc3c(c2)C(=O)N([C@H](C)CO)C[C@@H](C)[C@@H](CN(C)S(=O)(=O)c2ccc(F)cc2)OCCCC[C@H](C)O3)cc1. The Hall–Kier alpha value is -3.76. The smallest absolute Gasteiger partial charge is 0.261 e. The first-order valence-corrected chi connectivity index (χ1v) is 19.3. The normalized spacial score (nSPS) is 20.4. The third-order valence-electron chi connectivity index (χ3n) is 8.63. The number of fused-ring (bicyclic) bond motifs is 1. The molecule has 0 aromatic heterocycles. The van der Waals surface area contributed by atoms with Gasteiger partial charge in [0.05, 0.1) is 47.3 Å². The molecular weight excluding hydrogens is 690 g/mol. The van der Waals surface area contributed by atoms with E-state index in [0.717, 1.165) is 22.9 Å². The average Bonchev–Trinajstić information content (AvgIpc) is 3.09. The zero-order valence-electron chi connectivity index (χ0n) is 28.9. The molecule has 0 bridgehead atoms. The summed E-state index contributed by atoms with van der Waals surface area (Å²) >= 11 is 0. The first-order chi connectivity index (χ1) is 23.7. The van der Waals surface area contributed by atoms with E-state index in [1.54, 1.807) is 13.0 Å². The van der Waals surface area contributed by atoms with E-state index < -0.39 is 49.8 Å². The van der Waals surface area contributed by atoms with Gasteiger partial charge in [0.1, 0.15) is 17.3 Å². The summed E-state index contributed by atoms with van der Waals surface area (Å²) in [5.41, 5.74) is 0.216. The van der Waals surface area contributed by atoms with Gasteiger partial charge in [0.15, 0.2) is 0 Å². The Kier molecular flexibility index (Phi) is 13.2. The number of aliphatic hydroxyl groups is 1. The van der Waals surface area contributed by atoms with Crippen molar-refractivity contribution in [2.45, 2.75) is 68.1 Å². The van der Waals surface area contributed by atoms with E-state index in [0.29, 0.717) is 25.2 Å². The van der Waals surface area contributed by atoms with Gasteiger partial charge in [-0.2, -0.15) is 4.31 Å². The number of likely N-dealkylation sites (N-methyl/N-ethyl adjacent to an activating group) is 1. The van der Waals surface area contributed by atoms with Crippen molar-refractivity contribution in [2.24, 2.45) is 5.92 Å². The van der Waals surface area contributed by atoms with E-state index in [1.165, 1.54) is 67.6 Å². The van der Waals surface area contributed by atoms with Crippen LogP contribution in [0, 0.1) is 11.7 Å². The number of anilines is 1. The van der Waals surface area contributed by atoms with Crippen LogP contribution in [0.1, 0.15) is 50.4 Å². The number of methoxy groups -OCH3 is 1. The fraction of sp³-hybridized carbons (Fsp3) is 0.457. The predicted molar refractivity (Wildman–Crippen MR) is 187 cm³/mol. The van der Waals surface area contributed by atoms with Crippen LogP contribution in [0.4, 0.5) is 10.1 Å². The van der Waals surface area contributed by atoms with Crippen molar-refractivity contribution in [3.8, 4) is 11.5 Å². The van der Waals surface area contributed by atoms with E-state index in [4.69, 9.17) is 14.2 Å². The van der Waals surface area contributed by atoms with Gasteiger partial charge < -0.3 is 24.2 Å². The number of halogens is 1. The van der Waals surface area contributed by atoms with Gasteiger partial charge in [-0.25, -0.2) is 21.2 Å². The van der Waals surface area contributed by atoms with Gasteiger partial charge in [-0.05, 0) is 99.8 Å². The molecule has 274 valence electrons. The van der Waals surface area contributed by atoms with Crippen molar-refractivity contribution < 1.29 is 45.3 Å². The number of aliphatic hydroxyl groups excluding tert-OH is 1. The van der Waals surface area contributed by atoms with Crippen LogP contribution in [-0.2, 0) is 24.8 Å². The fourth-order valence-electron chi connectivity index (χ4n) is 5.56. The van der Waals surface area contributed by atoms with E-state index in [-0.39, 0.29) is 52.6 Å². The highest BCUT2D eigenvalue weighted by Crippen LogP contribution is 2.30. The van der Waals surface area contributed by atoms with E-state index in [1.807, 2.05) is 13.8 Å². The van der Waals surface area contributed by atoms with Crippen molar-refractivity contribution in [1.29, 1.82) is 0 Å². The lowest BCUT2D eigenvalue weighted by molar-refractivity contribution is -0.00834. The van der Waals surface area contributed by atoms with Crippen molar-refractivity contribution in [1.82, 2.24) is 9.21 Å².